The number of amides is 1. The highest BCUT2D eigenvalue weighted by molar-refractivity contribution is 7.89. The summed E-state index contributed by atoms with van der Waals surface area (Å²) < 4.78 is 40.5. The topological polar surface area (TPSA) is 127 Å². The summed E-state index contributed by atoms with van der Waals surface area (Å²) in [7, 11) is -4.02. The molecule has 1 aromatic carbocycles. The van der Waals surface area contributed by atoms with E-state index < -0.39 is 28.6 Å². The minimum atomic E-state index is -4.02. The van der Waals surface area contributed by atoms with E-state index >= 15 is 0 Å². The number of carbonyl (C=O) groups is 2. The van der Waals surface area contributed by atoms with Gasteiger partial charge in [-0.25, -0.2) is 8.42 Å². The van der Waals surface area contributed by atoms with Gasteiger partial charge in [-0.05, 0) is 37.8 Å². The average Bonchev–Trinajstić information content (AvgIpc) is 3.16. The molecule has 1 fully saturated rings. The minimum Gasteiger partial charge on any atom is -0.454 e. The van der Waals surface area contributed by atoms with Crippen LogP contribution in [0, 0.1) is 5.92 Å². The summed E-state index contributed by atoms with van der Waals surface area (Å²) in [6, 6.07) is 3.52. The average molecular weight is 441 g/mol. The lowest BCUT2D eigenvalue weighted by atomic mass is 9.86. The zero-order chi connectivity index (χ0) is 21.0. The molecule has 11 heteroatoms. The molecule has 29 heavy (non-hydrogen) atoms. The Morgan fingerprint density at radius 1 is 1.28 bits per heavy atom. The van der Waals surface area contributed by atoms with Gasteiger partial charge in [0.15, 0.2) is 6.61 Å². The standard InChI is InChI=1S/C18H24N4O5S2/c1-11-6-3-4-7-13(11)19-16(23)10-27-18(24)12(2)22-29(25,26)15-9-5-8-14-17(15)21-28-20-14/h5,8-9,11-13,22H,3-4,6-7,10H2,1-2H3,(H,19,23)/t11-,12+,13+/m1/s1. The molecule has 3 rings (SSSR count). The van der Waals surface area contributed by atoms with Crippen LogP contribution in [-0.2, 0) is 24.3 Å². The smallest absolute Gasteiger partial charge is 0.324 e. The van der Waals surface area contributed by atoms with Gasteiger partial charge in [0.05, 0.1) is 11.7 Å². The highest BCUT2D eigenvalue weighted by Crippen LogP contribution is 2.23. The van der Waals surface area contributed by atoms with Crippen LogP contribution in [0.2, 0.25) is 0 Å². The Morgan fingerprint density at radius 2 is 2.03 bits per heavy atom. The van der Waals surface area contributed by atoms with Crippen LogP contribution in [-0.4, -0.2) is 47.7 Å². The minimum absolute atomic E-state index is 0.0626. The molecule has 3 atom stereocenters. The van der Waals surface area contributed by atoms with Crippen molar-refractivity contribution in [3.8, 4) is 0 Å². The number of aromatic nitrogens is 2. The third-order valence-electron chi connectivity index (χ3n) is 5.03. The van der Waals surface area contributed by atoms with Crippen molar-refractivity contribution in [1.29, 1.82) is 0 Å². The lowest BCUT2D eigenvalue weighted by Gasteiger charge is -2.29. The molecule has 2 N–H and O–H groups in total. The molecule has 0 aliphatic heterocycles. The van der Waals surface area contributed by atoms with Crippen LogP contribution >= 0.6 is 11.7 Å². The Hall–Kier alpha value is -2.11. The van der Waals surface area contributed by atoms with E-state index in [1.807, 2.05) is 0 Å². The van der Waals surface area contributed by atoms with E-state index in [1.165, 1.54) is 13.0 Å². The van der Waals surface area contributed by atoms with E-state index in [9.17, 15) is 18.0 Å². The van der Waals surface area contributed by atoms with Gasteiger partial charge in [0, 0.05) is 6.04 Å². The van der Waals surface area contributed by atoms with Gasteiger partial charge in [0.1, 0.15) is 22.0 Å². The number of benzene rings is 1. The van der Waals surface area contributed by atoms with Crippen LogP contribution in [0.1, 0.15) is 39.5 Å². The van der Waals surface area contributed by atoms with E-state index in [1.54, 1.807) is 12.1 Å². The molecular formula is C18H24N4O5S2. The first kappa shape index (κ1) is 21.6. The fourth-order valence-corrected chi connectivity index (χ4v) is 5.34. The Labute approximate surface area is 173 Å². The summed E-state index contributed by atoms with van der Waals surface area (Å²) >= 11 is 0.906. The molecule has 158 valence electrons. The third kappa shape index (κ3) is 5.28. The summed E-state index contributed by atoms with van der Waals surface area (Å²) in [5, 5.41) is 2.89. The maximum Gasteiger partial charge on any atom is 0.324 e. The third-order valence-corrected chi connectivity index (χ3v) is 7.14. The monoisotopic (exact) mass is 440 g/mol. The van der Waals surface area contributed by atoms with Gasteiger partial charge in [-0.15, -0.1) is 0 Å². The Bertz CT molecular complexity index is 991. The molecular weight excluding hydrogens is 416 g/mol. The van der Waals surface area contributed by atoms with Gasteiger partial charge in [0.2, 0.25) is 10.0 Å². The normalized spacial score (nSPS) is 20.9. The number of fused-ring (bicyclic) bond motifs is 1. The second kappa shape index (κ2) is 9.14. The maximum absolute atomic E-state index is 12.6. The predicted octanol–water partition coefficient (Wildman–Crippen LogP) is 1.60. The maximum atomic E-state index is 12.6. The van der Waals surface area contributed by atoms with Gasteiger partial charge in [0.25, 0.3) is 5.91 Å². The summed E-state index contributed by atoms with van der Waals surface area (Å²) in [6.07, 6.45) is 4.19. The highest BCUT2D eigenvalue weighted by atomic mass is 32.2. The fourth-order valence-electron chi connectivity index (χ4n) is 3.38. The van der Waals surface area contributed by atoms with Crippen molar-refractivity contribution in [2.75, 3.05) is 6.61 Å². The van der Waals surface area contributed by atoms with Crippen LogP contribution in [0.25, 0.3) is 11.0 Å². The largest absolute Gasteiger partial charge is 0.454 e. The van der Waals surface area contributed by atoms with Crippen LogP contribution in [0.4, 0.5) is 0 Å². The Kier molecular flexibility index (Phi) is 6.81. The van der Waals surface area contributed by atoms with E-state index in [4.69, 9.17) is 4.74 Å². The molecule has 1 aliphatic carbocycles. The predicted molar refractivity (Wildman–Crippen MR) is 108 cm³/mol. The second-order valence-corrected chi connectivity index (χ2v) is 9.49. The Morgan fingerprint density at radius 3 is 2.79 bits per heavy atom. The molecule has 0 saturated heterocycles. The van der Waals surface area contributed by atoms with Crippen molar-refractivity contribution in [2.45, 2.75) is 56.5 Å². The van der Waals surface area contributed by atoms with E-state index in [-0.39, 0.29) is 22.4 Å². The molecule has 0 unspecified atom stereocenters. The van der Waals surface area contributed by atoms with E-state index in [0.29, 0.717) is 11.4 Å². The van der Waals surface area contributed by atoms with Gasteiger partial charge in [-0.1, -0.05) is 25.8 Å². The van der Waals surface area contributed by atoms with Crippen LogP contribution in [0.3, 0.4) is 0 Å². The molecule has 1 aromatic heterocycles. The first-order valence-electron chi connectivity index (χ1n) is 9.47. The van der Waals surface area contributed by atoms with Crippen molar-refractivity contribution in [2.24, 2.45) is 5.92 Å². The van der Waals surface area contributed by atoms with Crippen LogP contribution in [0.15, 0.2) is 23.1 Å². The van der Waals surface area contributed by atoms with Gasteiger partial charge < -0.3 is 10.1 Å². The number of hydrogen-bond donors (Lipinski definition) is 2. The van der Waals surface area contributed by atoms with E-state index in [2.05, 4.69) is 25.7 Å². The molecule has 0 spiro atoms. The lowest BCUT2D eigenvalue weighted by Crippen LogP contribution is -2.44. The first-order valence-corrected chi connectivity index (χ1v) is 11.7. The SMILES string of the molecule is C[C@H](NS(=O)(=O)c1cccc2nsnc12)C(=O)OCC(=O)N[C@H]1CCCC[C@H]1C. The molecule has 1 aliphatic rings. The number of esters is 1. The molecule has 0 bridgehead atoms. The van der Waals surface area contributed by atoms with Crippen molar-refractivity contribution in [1.82, 2.24) is 18.8 Å². The number of nitrogens with one attached hydrogen (secondary N) is 2. The Balaban J connectivity index is 1.54. The van der Waals surface area contributed by atoms with E-state index in [0.717, 1.165) is 37.4 Å². The first-order chi connectivity index (χ1) is 13.8. The quantitative estimate of drug-likeness (QED) is 0.626. The molecule has 2 aromatic rings. The van der Waals surface area contributed by atoms with Crippen molar-refractivity contribution >= 4 is 44.7 Å². The van der Waals surface area contributed by atoms with Crippen molar-refractivity contribution < 1.29 is 22.7 Å². The molecule has 0 radical (unpaired) electrons. The zero-order valence-electron chi connectivity index (χ0n) is 16.3. The zero-order valence-corrected chi connectivity index (χ0v) is 17.9. The van der Waals surface area contributed by atoms with Gasteiger partial charge >= 0.3 is 5.97 Å². The van der Waals surface area contributed by atoms with Gasteiger partial charge in [-0.3, -0.25) is 9.59 Å². The summed E-state index contributed by atoms with van der Waals surface area (Å²) in [5.41, 5.74) is 0.702. The number of nitrogens with zero attached hydrogens (tertiary/aromatic N) is 2. The number of ether oxygens (including phenoxy) is 1. The summed E-state index contributed by atoms with van der Waals surface area (Å²) in [5.74, 6) is -0.827. The second-order valence-electron chi connectivity index (χ2n) is 7.27. The lowest BCUT2D eigenvalue weighted by molar-refractivity contribution is -0.150. The molecule has 1 heterocycles. The molecule has 1 amide bonds. The van der Waals surface area contributed by atoms with Crippen molar-refractivity contribution in [3.05, 3.63) is 18.2 Å². The number of hydrogen-bond acceptors (Lipinski definition) is 8. The molecule has 1 saturated carbocycles. The fraction of sp³-hybridized carbons (Fsp3) is 0.556. The van der Waals surface area contributed by atoms with Crippen LogP contribution in [0.5, 0.6) is 0 Å². The number of sulfonamides is 1. The highest BCUT2D eigenvalue weighted by Gasteiger charge is 2.27. The number of carbonyl (C=O) groups excluding carboxylic acids is 2. The summed E-state index contributed by atoms with van der Waals surface area (Å²) in [6.45, 7) is 3.01. The summed E-state index contributed by atoms with van der Waals surface area (Å²) in [4.78, 5) is 24.2. The molecule has 9 nitrogen and oxygen atoms in total. The number of rotatable bonds is 7. The van der Waals surface area contributed by atoms with Crippen LogP contribution < -0.4 is 10.0 Å². The van der Waals surface area contributed by atoms with Crippen molar-refractivity contribution in [3.63, 3.8) is 0 Å². The van der Waals surface area contributed by atoms with Gasteiger partial charge in [-0.2, -0.15) is 13.5 Å².